The molecule has 1 aromatic heterocycles. The molecule has 0 aliphatic carbocycles. The maximum atomic E-state index is 12.0. The van der Waals surface area contributed by atoms with Crippen molar-refractivity contribution < 1.29 is 27.4 Å². The number of amides is 1. The van der Waals surface area contributed by atoms with E-state index in [1.807, 2.05) is 0 Å². The van der Waals surface area contributed by atoms with Crippen LogP contribution in [0.3, 0.4) is 0 Å². The molecule has 0 atom stereocenters. The van der Waals surface area contributed by atoms with Gasteiger partial charge in [-0.3, -0.25) is 0 Å². The van der Waals surface area contributed by atoms with Gasteiger partial charge in [-0.2, -0.15) is 13.2 Å². The van der Waals surface area contributed by atoms with E-state index < -0.39 is 24.5 Å². The number of ether oxygens (including phenoxy) is 2. The summed E-state index contributed by atoms with van der Waals surface area (Å²) in [5.74, 6) is -0.219. The Kier molecular flexibility index (Phi) is 5.34. The normalized spacial score (nSPS) is 11.9. The van der Waals surface area contributed by atoms with Gasteiger partial charge in [0, 0.05) is 6.07 Å². The van der Waals surface area contributed by atoms with E-state index in [1.54, 1.807) is 20.8 Å². The van der Waals surface area contributed by atoms with E-state index in [0.717, 1.165) is 6.33 Å². The van der Waals surface area contributed by atoms with Crippen LogP contribution in [0.5, 0.6) is 5.88 Å². The average Bonchev–Trinajstić information content (AvgIpc) is 2.32. The predicted octanol–water partition coefficient (Wildman–Crippen LogP) is 2.44. The van der Waals surface area contributed by atoms with Crippen LogP contribution in [-0.4, -0.2) is 34.4 Å². The fourth-order valence-electron chi connectivity index (χ4n) is 1.19. The van der Waals surface area contributed by atoms with Crippen molar-refractivity contribution in [1.29, 1.82) is 0 Å². The van der Waals surface area contributed by atoms with Crippen LogP contribution in [0.25, 0.3) is 0 Å². The molecule has 0 aromatic carbocycles. The number of hydrogen-bond acceptors (Lipinski definition) is 5. The van der Waals surface area contributed by atoms with Crippen molar-refractivity contribution >= 4 is 6.09 Å². The summed E-state index contributed by atoms with van der Waals surface area (Å²) in [4.78, 5) is 18.8. The highest BCUT2D eigenvalue weighted by Crippen LogP contribution is 2.17. The van der Waals surface area contributed by atoms with E-state index in [0.29, 0.717) is 5.69 Å². The molecule has 0 unspecified atom stereocenters. The lowest BCUT2D eigenvalue weighted by molar-refractivity contribution is -0.154. The van der Waals surface area contributed by atoms with Crippen LogP contribution in [0.1, 0.15) is 26.5 Å². The van der Waals surface area contributed by atoms with Crippen LogP contribution in [-0.2, 0) is 11.3 Å². The number of nitrogens with zero attached hydrogens (tertiary/aromatic N) is 2. The van der Waals surface area contributed by atoms with Crippen molar-refractivity contribution in [2.24, 2.45) is 0 Å². The smallest absolute Gasteiger partial charge is 0.422 e. The summed E-state index contributed by atoms with van der Waals surface area (Å²) in [6, 6.07) is 1.21. The van der Waals surface area contributed by atoms with Crippen LogP contribution in [0.15, 0.2) is 12.4 Å². The lowest BCUT2D eigenvalue weighted by Crippen LogP contribution is -2.32. The molecule has 118 valence electrons. The van der Waals surface area contributed by atoms with Gasteiger partial charge >= 0.3 is 12.3 Å². The average molecular weight is 307 g/mol. The van der Waals surface area contributed by atoms with E-state index in [1.165, 1.54) is 6.07 Å². The van der Waals surface area contributed by atoms with Crippen molar-refractivity contribution in [3.8, 4) is 5.88 Å². The minimum atomic E-state index is -4.44. The summed E-state index contributed by atoms with van der Waals surface area (Å²) in [6.07, 6.45) is -4.05. The minimum Gasteiger partial charge on any atom is -0.468 e. The van der Waals surface area contributed by atoms with Crippen LogP contribution >= 0.6 is 0 Å². The molecular formula is C12H16F3N3O3. The third-order valence-electron chi connectivity index (χ3n) is 1.90. The van der Waals surface area contributed by atoms with Crippen molar-refractivity contribution in [3.63, 3.8) is 0 Å². The summed E-state index contributed by atoms with van der Waals surface area (Å²) in [7, 11) is 0. The second-order valence-corrected chi connectivity index (χ2v) is 5.11. The Balaban J connectivity index is 2.51. The van der Waals surface area contributed by atoms with Gasteiger partial charge in [-0.25, -0.2) is 14.8 Å². The van der Waals surface area contributed by atoms with Gasteiger partial charge in [-0.05, 0) is 20.8 Å². The highest BCUT2D eigenvalue weighted by molar-refractivity contribution is 5.67. The minimum absolute atomic E-state index is 0.0141. The molecule has 0 spiro atoms. The molecule has 0 aliphatic rings. The lowest BCUT2D eigenvalue weighted by Gasteiger charge is -2.19. The standard InChI is InChI=1S/C12H16F3N3O3/c1-11(2,3)21-10(19)16-5-8-4-9(18-7-17-8)20-6-12(13,14)15/h4,7H,5-6H2,1-3H3,(H,16,19). The van der Waals surface area contributed by atoms with Gasteiger partial charge < -0.3 is 14.8 Å². The highest BCUT2D eigenvalue weighted by atomic mass is 19.4. The van der Waals surface area contributed by atoms with Gasteiger partial charge in [0.2, 0.25) is 5.88 Å². The summed E-state index contributed by atoms with van der Waals surface area (Å²) < 4.78 is 45.5. The Morgan fingerprint density at radius 2 is 1.95 bits per heavy atom. The highest BCUT2D eigenvalue weighted by Gasteiger charge is 2.28. The molecule has 0 radical (unpaired) electrons. The topological polar surface area (TPSA) is 73.3 Å². The van der Waals surface area contributed by atoms with Crippen LogP contribution in [0, 0.1) is 0 Å². The molecule has 1 N–H and O–H groups in total. The van der Waals surface area contributed by atoms with Crippen LogP contribution in [0.4, 0.5) is 18.0 Å². The van der Waals surface area contributed by atoms with Crippen molar-refractivity contribution in [2.75, 3.05) is 6.61 Å². The van der Waals surface area contributed by atoms with Crippen molar-refractivity contribution in [1.82, 2.24) is 15.3 Å². The summed E-state index contributed by atoms with van der Waals surface area (Å²) in [6.45, 7) is 3.67. The molecule has 0 saturated heterocycles. The number of halogens is 3. The SMILES string of the molecule is CC(C)(C)OC(=O)NCc1cc(OCC(F)(F)F)ncn1. The van der Waals surface area contributed by atoms with Gasteiger partial charge in [-0.15, -0.1) is 0 Å². The molecule has 6 nitrogen and oxygen atoms in total. The summed E-state index contributed by atoms with van der Waals surface area (Å²) >= 11 is 0. The fraction of sp³-hybridized carbons (Fsp3) is 0.583. The molecule has 1 rings (SSSR count). The molecule has 1 amide bonds. The Hall–Kier alpha value is -2.06. The molecule has 0 aliphatic heterocycles. The van der Waals surface area contributed by atoms with Gasteiger partial charge in [-0.1, -0.05) is 0 Å². The third-order valence-corrected chi connectivity index (χ3v) is 1.90. The van der Waals surface area contributed by atoms with Gasteiger partial charge in [0.15, 0.2) is 6.61 Å². The number of nitrogens with one attached hydrogen (secondary N) is 1. The zero-order chi connectivity index (χ0) is 16.1. The first kappa shape index (κ1) is 17.0. The zero-order valence-electron chi connectivity index (χ0n) is 11.8. The number of alkyl carbamates (subject to hydrolysis) is 1. The number of aromatic nitrogens is 2. The predicted molar refractivity (Wildman–Crippen MR) is 66.7 cm³/mol. The Morgan fingerprint density at radius 1 is 1.29 bits per heavy atom. The second-order valence-electron chi connectivity index (χ2n) is 5.11. The monoisotopic (exact) mass is 307 g/mol. The Bertz CT molecular complexity index is 487. The molecule has 1 aromatic rings. The fourth-order valence-corrected chi connectivity index (χ4v) is 1.19. The summed E-state index contributed by atoms with van der Waals surface area (Å²) in [5.41, 5.74) is -0.343. The van der Waals surface area contributed by atoms with Crippen LogP contribution in [0.2, 0.25) is 0 Å². The number of hydrogen-bond donors (Lipinski definition) is 1. The number of alkyl halides is 3. The number of carbonyl (C=O) groups excluding carboxylic acids is 1. The van der Waals surface area contributed by atoms with Crippen LogP contribution < -0.4 is 10.1 Å². The first-order valence-electron chi connectivity index (χ1n) is 6.02. The molecule has 9 heteroatoms. The maximum Gasteiger partial charge on any atom is 0.422 e. The lowest BCUT2D eigenvalue weighted by atomic mass is 10.2. The van der Waals surface area contributed by atoms with E-state index in [2.05, 4.69) is 20.0 Å². The van der Waals surface area contributed by atoms with E-state index in [9.17, 15) is 18.0 Å². The molecule has 0 saturated carbocycles. The first-order chi connectivity index (χ1) is 9.55. The second kappa shape index (κ2) is 6.59. The molecule has 0 fully saturated rings. The van der Waals surface area contributed by atoms with E-state index in [4.69, 9.17) is 4.74 Å². The molecule has 21 heavy (non-hydrogen) atoms. The Labute approximate surface area is 119 Å². The zero-order valence-corrected chi connectivity index (χ0v) is 11.8. The Morgan fingerprint density at radius 3 is 2.52 bits per heavy atom. The molecule has 0 bridgehead atoms. The summed E-state index contributed by atoms with van der Waals surface area (Å²) in [5, 5.41) is 2.43. The van der Waals surface area contributed by atoms with E-state index in [-0.39, 0.29) is 12.4 Å². The number of carbonyl (C=O) groups is 1. The maximum absolute atomic E-state index is 12.0. The van der Waals surface area contributed by atoms with Crippen molar-refractivity contribution in [2.45, 2.75) is 39.1 Å². The van der Waals surface area contributed by atoms with Gasteiger partial charge in [0.05, 0.1) is 12.2 Å². The first-order valence-corrected chi connectivity index (χ1v) is 6.02. The van der Waals surface area contributed by atoms with Crippen molar-refractivity contribution in [3.05, 3.63) is 18.1 Å². The largest absolute Gasteiger partial charge is 0.468 e. The van der Waals surface area contributed by atoms with Gasteiger partial charge in [0.1, 0.15) is 11.9 Å². The molecule has 1 heterocycles. The molecular weight excluding hydrogens is 291 g/mol. The third kappa shape index (κ3) is 7.95. The van der Waals surface area contributed by atoms with Gasteiger partial charge in [0.25, 0.3) is 0 Å². The number of rotatable bonds is 4. The quantitative estimate of drug-likeness (QED) is 0.925. The van der Waals surface area contributed by atoms with E-state index >= 15 is 0 Å².